The largest absolute Gasteiger partial charge is 0.488 e. The molecule has 1 rings (SSSR count). The van der Waals surface area contributed by atoms with Gasteiger partial charge in [0.05, 0.1) is 6.54 Å². The Kier molecular flexibility index (Phi) is 8.37. The average molecular weight is 256 g/mol. The van der Waals surface area contributed by atoms with Crippen molar-refractivity contribution in [3.63, 3.8) is 0 Å². The highest BCUT2D eigenvalue weighted by molar-refractivity contribution is 6.59. The molecular weight excluding hydrogens is 240 g/mol. The Balaban J connectivity index is 0.000000770. The van der Waals surface area contributed by atoms with E-state index in [1.807, 2.05) is 0 Å². The standard InChI is InChI=1S/C8H7BClNO3.C3H8/c10-8-3-7(9(13)14)2-1-6(8)4-11-5-12;1-3-2/h1-3,13-14H,4H2;3H2,1-2H3. The smallest absolute Gasteiger partial charge is 0.423 e. The van der Waals surface area contributed by atoms with Crippen LogP contribution in [0.4, 0.5) is 0 Å². The number of halogens is 1. The summed E-state index contributed by atoms with van der Waals surface area (Å²) < 4.78 is 0. The number of carbonyl (C=O) groups excluding carboxylic acids is 1. The van der Waals surface area contributed by atoms with Crippen molar-refractivity contribution in [3.05, 3.63) is 28.8 Å². The summed E-state index contributed by atoms with van der Waals surface area (Å²) in [6.45, 7) is 4.39. The molecule has 0 saturated carbocycles. The molecule has 0 aliphatic carbocycles. The second-order valence-electron chi connectivity index (χ2n) is 3.34. The van der Waals surface area contributed by atoms with Crippen molar-refractivity contribution in [1.29, 1.82) is 0 Å². The van der Waals surface area contributed by atoms with Crippen molar-refractivity contribution in [1.82, 2.24) is 0 Å². The van der Waals surface area contributed by atoms with Crippen LogP contribution in [0.15, 0.2) is 23.2 Å². The average Bonchev–Trinajstić information content (AvgIpc) is 2.28. The van der Waals surface area contributed by atoms with Crippen LogP contribution in [0.25, 0.3) is 0 Å². The summed E-state index contributed by atoms with van der Waals surface area (Å²) in [6.07, 6.45) is 2.65. The van der Waals surface area contributed by atoms with Gasteiger partial charge in [-0.05, 0) is 17.1 Å². The molecule has 1 aromatic carbocycles. The number of nitrogens with zero attached hydrogens (tertiary/aromatic N) is 1. The highest BCUT2D eigenvalue weighted by Gasteiger charge is 2.12. The van der Waals surface area contributed by atoms with E-state index in [9.17, 15) is 4.79 Å². The number of benzene rings is 1. The molecule has 0 spiro atoms. The SMILES string of the molecule is CCC.O=C=NCc1ccc(B(O)O)cc1Cl. The molecule has 0 aromatic heterocycles. The molecule has 2 N–H and O–H groups in total. The zero-order valence-corrected chi connectivity index (χ0v) is 10.6. The lowest BCUT2D eigenvalue weighted by Crippen LogP contribution is -2.29. The maximum atomic E-state index is 9.85. The summed E-state index contributed by atoms with van der Waals surface area (Å²) in [7, 11) is -1.55. The van der Waals surface area contributed by atoms with Gasteiger partial charge in [0.1, 0.15) is 0 Å². The van der Waals surface area contributed by atoms with Crippen LogP contribution in [0.5, 0.6) is 0 Å². The van der Waals surface area contributed by atoms with Gasteiger partial charge in [-0.25, -0.2) is 9.79 Å². The van der Waals surface area contributed by atoms with Crippen LogP contribution < -0.4 is 5.46 Å². The van der Waals surface area contributed by atoms with Gasteiger partial charge in [0.2, 0.25) is 6.08 Å². The Morgan fingerprint density at radius 2 is 2.00 bits per heavy atom. The fraction of sp³-hybridized carbons (Fsp3) is 0.364. The van der Waals surface area contributed by atoms with Crippen LogP contribution in [-0.4, -0.2) is 23.2 Å². The lowest BCUT2D eigenvalue weighted by atomic mass is 9.80. The van der Waals surface area contributed by atoms with Crippen LogP contribution >= 0.6 is 11.6 Å². The van der Waals surface area contributed by atoms with Gasteiger partial charge in [-0.15, -0.1) is 0 Å². The molecular formula is C11H15BClNO3. The van der Waals surface area contributed by atoms with Gasteiger partial charge in [0.15, 0.2) is 0 Å². The maximum absolute atomic E-state index is 9.85. The lowest BCUT2D eigenvalue weighted by molar-refractivity contribution is 0.426. The fourth-order valence-corrected chi connectivity index (χ4v) is 1.22. The molecule has 0 saturated heterocycles. The van der Waals surface area contributed by atoms with Gasteiger partial charge in [-0.3, -0.25) is 0 Å². The Bertz CT molecular complexity index is 392. The third-order valence-corrected chi connectivity index (χ3v) is 2.04. The molecule has 1 aromatic rings. The summed E-state index contributed by atoms with van der Waals surface area (Å²) in [5, 5.41) is 18.0. The summed E-state index contributed by atoms with van der Waals surface area (Å²) in [5.41, 5.74) is 0.938. The zero-order chi connectivity index (χ0) is 13.3. The van der Waals surface area contributed by atoms with Crippen LogP contribution in [0.3, 0.4) is 0 Å². The Morgan fingerprint density at radius 3 is 2.41 bits per heavy atom. The minimum atomic E-state index is -1.55. The molecule has 0 unspecified atom stereocenters. The van der Waals surface area contributed by atoms with E-state index in [-0.39, 0.29) is 6.54 Å². The molecule has 0 atom stereocenters. The Morgan fingerprint density at radius 1 is 1.41 bits per heavy atom. The van der Waals surface area contributed by atoms with Gasteiger partial charge in [0, 0.05) is 5.02 Å². The van der Waals surface area contributed by atoms with Crippen molar-refractivity contribution >= 4 is 30.3 Å². The number of aliphatic imine (C=N–C) groups is 1. The molecule has 92 valence electrons. The van der Waals surface area contributed by atoms with E-state index in [4.69, 9.17) is 21.6 Å². The topological polar surface area (TPSA) is 69.9 Å². The normalized spacial score (nSPS) is 8.76. The van der Waals surface area contributed by atoms with Crippen molar-refractivity contribution < 1.29 is 14.8 Å². The maximum Gasteiger partial charge on any atom is 0.488 e. The molecule has 0 radical (unpaired) electrons. The number of isocyanates is 1. The van der Waals surface area contributed by atoms with Gasteiger partial charge in [-0.1, -0.05) is 44.0 Å². The number of rotatable bonds is 3. The molecule has 6 heteroatoms. The summed E-state index contributed by atoms with van der Waals surface area (Å²) in [6, 6.07) is 4.51. The second-order valence-corrected chi connectivity index (χ2v) is 3.75. The molecule has 0 fully saturated rings. The fourth-order valence-electron chi connectivity index (χ4n) is 0.970. The van der Waals surface area contributed by atoms with Gasteiger partial charge in [0.25, 0.3) is 0 Å². The predicted molar refractivity (Wildman–Crippen MR) is 69.1 cm³/mol. The molecule has 0 bridgehead atoms. The van der Waals surface area contributed by atoms with E-state index in [1.54, 1.807) is 6.07 Å². The first-order valence-corrected chi connectivity index (χ1v) is 5.62. The molecule has 4 nitrogen and oxygen atoms in total. The lowest BCUT2D eigenvalue weighted by Gasteiger charge is -2.03. The monoisotopic (exact) mass is 255 g/mol. The predicted octanol–water partition coefficient (Wildman–Crippen LogP) is 1.27. The van der Waals surface area contributed by atoms with E-state index in [2.05, 4.69) is 18.8 Å². The minimum Gasteiger partial charge on any atom is -0.423 e. The van der Waals surface area contributed by atoms with Crippen LogP contribution in [0.2, 0.25) is 5.02 Å². The first-order valence-electron chi connectivity index (χ1n) is 5.24. The van der Waals surface area contributed by atoms with E-state index >= 15 is 0 Å². The van der Waals surface area contributed by atoms with Crippen molar-refractivity contribution in [2.75, 3.05) is 0 Å². The Labute approximate surface area is 106 Å². The first-order chi connectivity index (χ1) is 8.06. The van der Waals surface area contributed by atoms with Crippen molar-refractivity contribution in [2.24, 2.45) is 4.99 Å². The number of hydrogen-bond donors (Lipinski definition) is 2. The summed E-state index contributed by atoms with van der Waals surface area (Å²) >= 11 is 5.80. The molecule has 0 heterocycles. The number of hydrogen-bond acceptors (Lipinski definition) is 4. The molecule has 0 amide bonds. The van der Waals surface area contributed by atoms with E-state index < -0.39 is 7.12 Å². The van der Waals surface area contributed by atoms with Crippen molar-refractivity contribution in [2.45, 2.75) is 26.8 Å². The second kappa shape index (κ2) is 8.96. The van der Waals surface area contributed by atoms with Gasteiger partial charge >= 0.3 is 7.12 Å². The highest BCUT2D eigenvalue weighted by atomic mass is 35.5. The van der Waals surface area contributed by atoms with Crippen LogP contribution in [-0.2, 0) is 11.3 Å². The van der Waals surface area contributed by atoms with E-state index in [1.165, 1.54) is 24.6 Å². The van der Waals surface area contributed by atoms with Crippen LogP contribution in [0.1, 0.15) is 25.8 Å². The summed E-state index contributed by atoms with van der Waals surface area (Å²) in [5.74, 6) is 0. The minimum absolute atomic E-state index is 0.143. The van der Waals surface area contributed by atoms with Crippen LogP contribution in [0, 0.1) is 0 Å². The quantitative estimate of drug-likeness (QED) is 0.485. The van der Waals surface area contributed by atoms with Gasteiger partial charge < -0.3 is 10.0 Å². The van der Waals surface area contributed by atoms with E-state index in [0.717, 1.165) is 0 Å². The van der Waals surface area contributed by atoms with Gasteiger partial charge in [-0.2, -0.15) is 0 Å². The van der Waals surface area contributed by atoms with E-state index in [0.29, 0.717) is 16.0 Å². The molecule has 0 aliphatic heterocycles. The first kappa shape index (κ1) is 15.9. The summed E-state index contributed by atoms with van der Waals surface area (Å²) in [4.78, 5) is 13.2. The highest BCUT2D eigenvalue weighted by Crippen LogP contribution is 2.14. The van der Waals surface area contributed by atoms with Crippen molar-refractivity contribution in [3.8, 4) is 0 Å². The third kappa shape index (κ3) is 6.24. The Hall–Kier alpha value is -1.13. The molecule has 0 aliphatic rings. The third-order valence-electron chi connectivity index (χ3n) is 1.69. The molecule has 17 heavy (non-hydrogen) atoms. The zero-order valence-electron chi connectivity index (χ0n) is 9.85.